The lowest BCUT2D eigenvalue weighted by atomic mass is 9.99. The molecule has 4 heteroatoms. The van der Waals surface area contributed by atoms with Crippen LogP contribution in [0.15, 0.2) is 41.4 Å². The minimum atomic E-state index is -0.913. The second kappa shape index (κ2) is 6.88. The maximum absolute atomic E-state index is 11.3. The number of nitrogens with two attached hydrogens (primary N) is 1. The summed E-state index contributed by atoms with van der Waals surface area (Å²) in [5.74, 6) is -0.257. The van der Waals surface area contributed by atoms with E-state index in [1.807, 2.05) is 30.3 Å². The number of aromatic carboxylic acids is 1. The Bertz CT molecular complexity index is 678. The molecule has 0 heterocycles. The van der Waals surface area contributed by atoms with Gasteiger partial charge in [0.15, 0.2) is 0 Å². The summed E-state index contributed by atoms with van der Waals surface area (Å²) in [6.07, 6.45) is 2.93. The third kappa shape index (κ3) is 3.60. The fourth-order valence-electron chi connectivity index (χ4n) is 2.31. The molecule has 0 aliphatic carbocycles. The number of amidine groups is 1. The van der Waals surface area contributed by atoms with Crippen molar-refractivity contribution in [2.24, 2.45) is 10.7 Å². The number of rotatable bonds is 6. The molecule has 0 spiro atoms. The molecule has 2 rings (SSSR count). The summed E-state index contributed by atoms with van der Waals surface area (Å²) in [4.78, 5) is 15.7. The molecule has 4 nitrogen and oxygen atoms in total. The molecule has 0 aliphatic rings. The van der Waals surface area contributed by atoms with E-state index < -0.39 is 5.97 Å². The minimum absolute atomic E-state index is 0.317. The third-order valence-corrected chi connectivity index (χ3v) is 3.48. The molecule has 0 aromatic heterocycles. The van der Waals surface area contributed by atoms with Crippen LogP contribution >= 0.6 is 0 Å². The van der Waals surface area contributed by atoms with Gasteiger partial charge >= 0.3 is 5.97 Å². The van der Waals surface area contributed by atoms with Gasteiger partial charge in [-0.05, 0) is 28.8 Å². The van der Waals surface area contributed by atoms with E-state index in [-0.39, 0.29) is 0 Å². The number of carboxylic acids is 1. The van der Waals surface area contributed by atoms with Crippen molar-refractivity contribution < 1.29 is 9.90 Å². The van der Waals surface area contributed by atoms with Crippen molar-refractivity contribution in [2.75, 3.05) is 0 Å². The molecule has 0 fully saturated rings. The van der Waals surface area contributed by atoms with Crippen molar-refractivity contribution >= 4 is 22.6 Å². The number of carbonyl (C=O) groups is 1. The van der Waals surface area contributed by atoms with Crippen LogP contribution in [0, 0.1) is 0 Å². The van der Waals surface area contributed by atoms with E-state index in [1.165, 1.54) is 0 Å². The number of hydrogen-bond donors (Lipinski definition) is 2. The van der Waals surface area contributed by atoms with Crippen LogP contribution in [0.25, 0.3) is 10.8 Å². The summed E-state index contributed by atoms with van der Waals surface area (Å²) in [5.41, 5.74) is 7.20. The van der Waals surface area contributed by atoms with Gasteiger partial charge in [0.1, 0.15) is 0 Å². The SMILES string of the molecule is CCCCC(N)=NCc1ccc(C(=O)O)c2ccccc12. The average molecular weight is 284 g/mol. The maximum Gasteiger partial charge on any atom is 0.336 e. The summed E-state index contributed by atoms with van der Waals surface area (Å²) in [6, 6.07) is 11.0. The van der Waals surface area contributed by atoms with Gasteiger partial charge in [-0.1, -0.05) is 43.7 Å². The molecule has 0 saturated heterocycles. The van der Waals surface area contributed by atoms with Crippen molar-refractivity contribution in [2.45, 2.75) is 32.7 Å². The Morgan fingerprint density at radius 3 is 2.57 bits per heavy atom. The van der Waals surface area contributed by atoms with Crippen molar-refractivity contribution in [3.8, 4) is 0 Å². The molecule has 3 N–H and O–H groups in total. The lowest BCUT2D eigenvalue weighted by Crippen LogP contribution is -2.11. The Hall–Kier alpha value is -2.36. The van der Waals surface area contributed by atoms with E-state index in [2.05, 4.69) is 11.9 Å². The van der Waals surface area contributed by atoms with E-state index in [0.717, 1.165) is 35.6 Å². The molecule has 0 unspecified atom stereocenters. The van der Waals surface area contributed by atoms with Crippen molar-refractivity contribution in [3.05, 3.63) is 47.5 Å². The number of fused-ring (bicyclic) bond motifs is 1. The van der Waals surface area contributed by atoms with Crippen LogP contribution in [0.2, 0.25) is 0 Å². The standard InChI is InChI=1S/C17H20N2O2/c1-2-3-8-16(18)19-11-12-9-10-15(17(20)21)14-7-5-4-6-13(12)14/h4-7,9-10H,2-3,8,11H2,1H3,(H2,18,19)(H,20,21). The predicted molar refractivity (Wildman–Crippen MR) is 85.8 cm³/mol. The number of nitrogens with zero attached hydrogens (tertiary/aromatic N) is 1. The minimum Gasteiger partial charge on any atom is -0.478 e. The predicted octanol–water partition coefficient (Wildman–Crippen LogP) is 3.59. The Balaban J connectivity index is 2.33. The molecule has 2 aromatic carbocycles. The number of benzene rings is 2. The molecule has 0 aliphatic heterocycles. The molecule has 0 amide bonds. The van der Waals surface area contributed by atoms with Crippen LogP contribution in [0.1, 0.15) is 42.1 Å². The first kappa shape index (κ1) is 15.0. The molecule has 0 saturated carbocycles. The number of hydrogen-bond acceptors (Lipinski definition) is 2. The lowest BCUT2D eigenvalue weighted by molar-refractivity contribution is 0.0699. The Morgan fingerprint density at radius 1 is 1.19 bits per heavy atom. The maximum atomic E-state index is 11.3. The summed E-state index contributed by atoms with van der Waals surface area (Å²) in [7, 11) is 0. The van der Waals surface area contributed by atoms with Crippen LogP contribution in [-0.4, -0.2) is 16.9 Å². The third-order valence-electron chi connectivity index (χ3n) is 3.48. The molecule has 0 bridgehead atoms. The van der Waals surface area contributed by atoms with E-state index in [9.17, 15) is 9.90 Å². The highest BCUT2D eigenvalue weighted by Crippen LogP contribution is 2.23. The van der Waals surface area contributed by atoms with Gasteiger partial charge in [0.05, 0.1) is 17.9 Å². The van der Waals surface area contributed by atoms with Gasteiger partial charge < -0.3 is 10.8 Å². The van der Waals surface area contributed by atoms with Gasteiger partial charge in [0, 0.05) is 6.42 Å². The first-order valence-electron chi connectivity index (χ1n) is 7.16. The van der Waals surface area contributed by atoms with E-state index in [1.54, 1.807) is 6.07 Å². The fourth-order valence-corrected chi connectivity index (χ4v) is 2.31. The van der Waals surface area contributed by atoms with E-state index >= 15 is 0 Å². The fraction of sp³-hybridized carbons (Fsp3) is 0.294. The van der Waals surface area contributed by atoms with Crippen LogP contribution in [0.3, 0.4) is 0 Å². The second-order valence-corrected chi connectivity index (χ2v) is 5.03. The highest BCUT2D eigenvalue weighted by atomic mass is 16.4. The normalized spacial score (nSPS) is 11.8. The van der Waals surface area contributed by atoms with Crippen LogP contribution in [0.4, 0.5) is 0 Å². The first-order chi connectivity index (χ1) is 10.1. The Labute approximate surface area is 124 Å². The topological polar surface area (TPSA) is 75.7 Å². The van der Waals surface area contributed by atoms with E-state index in [0.29, 0.717) is 17.9 Å². The van der Waals surface area contributed by atoms with E-state index in [4.69, 9.17) is 5.73 Å². The van der Waals surface area contributed by atoms with Crippen molar-refractivity contribution in [1.82, 2.24) is 0 Å². The average Bonchev–Trinajstić information content (AvgIpc) is 2.50. The zero-order valence-electron chi connectivity index (χ0n) is 12.2. The quantitative estimate of drug-likeness (QED) is 0.628. The Kier molecular flexibility index (Phi) is 4.93. The summed E-state index contributed by atoms with van der Waals surface area (Å²) >= 11 is 0. The number of carboxylic acid groups (broad SMARTS) is 1. The first-order valence-corrected chi connectivity index (χ1v) is 7.16. The van der Waals surface area contributed by atoms with Gasteiger partial charge in [-0.15, -0.1) is 0 Å². The van der Waals surface area contributed by atoms with Gasteiger partial charge in [0.25, 0.3) is 0 Å². The molecule has 0 atom stereocenters. The molecule has 0 radical (unpaired) electrons. The smallest absolute Gasteiger partial charge is 0.336 e. The summed E-state index contributed by atoms with van der Waals surface area (Å²) in [5, 5.41) is 10.9. The largest absolute Gasteiger partial charge is 0.478 e. The van der Waals surface area contributed by atoms with Gasteiger partial charge in [-0.2, -0.15) is 0 Å². The summed E-state index contributed by atoms with van der Waals surface area (Å²) < 4.78 is 0. The lowest BCUT2D eigenvalue weighted by Gasteiger charge is -2.08. The van der Waals surface area contributed by atoms with Crippen LogP contribution in [-0.2, 0) is 6.54 Å². The second-order valence-electron chi connectivity index (χ2n) is 5.03. The highest BCUT2D eigenvalue weighted by Gasteiger charge is 2.10. The molecular weight excluding hydrogens is 264 g/mol. The molecule has 2 aromatic rings. The highest BCUT2D eigenvalue weighted by molar-refractivity contribution is 6.04. The molecular formula is C17H20N2O2. The Morgan fingerprint density at radius 2 is 1.90 bits per heavy atom. The number of unbranched alkanes of at least 4 members (excludes halogenated alkanes) is 1. The summed E-state index contributed by atoms with van der Waals surface area (Å²) in [6.45, 7) is 2.60. The molecule has 110 valence electrons. The zero-order chi connectivity index (χ0) is 15.2. The molecule has 21 heavy (non-hydrogen) atoms. The monoisotopic (exact) mass is 284 g/mol. The van der Waals surface area contributed by atoms with Crippen molar-refractivity contribution in [3.63, 3.8) is 0 Å². The van der Waals surface area contributed by atoms with Gasteiger partial charge in [-0.3, -0.25) is 4.99 Å². The van der Waals surface area contributed by atoms with Crippen LogP contribution in [0.5, 0.6) is 0 Å². The van der Waals surface area contributed by atoms with Gasteiger partial charge in [-0.25, -0.2) is 4.79 Å². The van der Waals surface area contributed by atoms with Crippen LogP contribution < -0.4 is 5.73 Å². The zero-order valence-corrected chi connectivity index (χ0v) is 12.2. The van der Waals surface area contributed by atoms with Gasteiger partial charge in [0.2, 0.25) is 0 Å². The number of aliphatic imine (C=N–C) groups is 1. The van der Waals surface area contributed by atoms with Crippen molar-refractivity contribution in [1.29, 1.82) is 0 Å².